The second-order valence-electron chi connectivity index (χ2n) is 2.54. The molecule has 0 bridgehead atoms. The standard InChI is InChI=1S/C8H11N3O/c9-3-1-2-8(12)11-6-4-10-5-7-11/h1-2,10H,4-7H2/b2-1+. The van der Waals surface area contributed by atoms with Crippen LogP contribution in [-0.2, 0) is 4.79 Å². The molecule has 0 aliphatic carbocycles. The summed E-state index contributed by atoms with van der Waals surface area (Å²) in [7, 11) is 0. The first kappa shape index (κ1) is 8.75. The minimum Gasteiger partial charge on any atom is -0.337 e. The molecule has 0 saturated carbocycles. The number of carbonyl (C=O) groups is 1. The zero-order valence-electron chi connectivity index (χ0n) is 6.79. The van der Waals surface area contributed by atoms with Crippen LogP contribution in [0.25, 0.3) is 0 Å². The molecule has 1 fully saturated rings. The summed E-state index contributed by atoms with van der Waals surface area (Å²) in [5.74, 6) is -0.0712. The largest absolute Gasteiger partial charge is 0.337 e. The molecule has 1 N–H and O–H groups in total. The predicted molar refractivity (Wildman–Crippen MR) is 44.2 cm³/mol. The van der Waals surface area contributed by atoms with Gasteiger partial charge in [-0.05, 0) is 0 Å². The third-order valence-electron chi connectivity index (χ3n) is 1.73. The SMILES string of the molecule is N#C/C=C/C(=O)N1CCNCC1. The molecule has 1 aliphatic heterocycles. The minimum atomic E-state index is -0.0712. The number of nitrogens with one attached hydrogen (secondary N) is 1. The number of nitrogens with zero attached hydrogens (tertiary/aromatic N) is 2. The van der Waals surface area contributed by atoms with Gasteiger partial charge in [-0.2, -0.15) is 5.26 Å². The summed E-state index contributed by atoms with van der Waals surface area (Å²) >= 11 is 0. The van der Waals surface area contributed by atoms with Gasteiger partial charge in [0, 0.05) is 38.3 Å². The molecule has 1 rings (SSSR count). The fraction of sp³-hybridized carbons (Fsp3) is 0.500. The minimum absolute atomic E-state index is 0.0712. The number of carbonyl (C=O) groups excluding carboxylic acids is 1. The van der Waals surface area contributed by atoms with Crippen molar-refractivity contribution in [1.29, 1.82) is 5.26 Å². The van der Waals surface area contributed by atoms with Crippen molar-refractivity contribution in [2.24, 2.45) is 0 Å². The van der Waals surface area contributed by atoms with Gasteiger partial charge in [-0.25, -0.2) is 0 Å². The number of piperazine rings is 1. The molecule has 4 heteroatoms. The lowest BCUT2D eigenvalue weighted by molar-refractivity contribution is -0.126. The van der Waals surface area contributed by atoms with Crippen LogP contribution in [0.4, 0.5) is 0 Å². The maximum Gasteiger partial charge on any atom is 0.247 e. The lowest BCUT2D eigenvalue weighted by Gasteiger charge is -2.26. The number of amides is 1. The highest BCUT2D eigenvalue weighted by molar-refractivity contribution is 5.88. The molecule has 1 aliphatic rings. The van der Waals surface area contributed by atoms with Gasteiger partial charge in [-0.15, -0.1) is 0 Å². The lowest BCUT2D eigenvalue weighted by Crippen LogP contribution is -2.45. The van der Waals surface area contributed by atoms with Crippen LogP contribution in [0.1, 0.15) is 0 Å². The lowest BCUT2D eigenvalue weighted by atomic mass is 10.3. The van der Waals surface area contributed by atoms with Crippen LogP contribution in [0.2, 0.25) is 0 Å². The molecular formula is C8H11N3O. The Balaban J connectivity index is 2.41. The van der Waals surface area contributed by atoms with Crippen molar-refractivity contribution in [2.45, 2.75) is 0 Å². The Morgan fingerprint density at radius 2 is 2.17 bits per heavy atom. The van der Waals surface area contributed by atoms with Gasteiger partial charge in [0.25, 0.3) is 0 Å². The van der Waals surface area contributed by atoms with E-state index in [1.165, 1.54) is 12.2 Å². The summed E-state index contributed by atoms with van der Waals surface area (Å²) in [6.07, 6.45) is 2.52. The van der Waals surface area contributed by atoms with Gasteiger partial charge in [0.05, 0.1) is 6.07 Å². The van der Waals surface area contributed by atoms with Crippen molar-refractivity contribution in [2.75, 3.05) is 26.2 Å². The van der Waals surface area contributed by atoms with Gasteiger partial charge >= 0.3 is 0 Å². The average molecular weight is 165 g/mol. The maximum absolute atomic E-state index is 11.2. The summed E-state index contributed by atoms with van der Waals surface area (Å²) in [6, 6.07) is 1.79. The molecule has 0 unspecified atom stereocenters. The molecular weight excluding hydrogens is 154 g/mol. The summed E-state index contributed by atoms with van der Waals surface area (Å²) < 4.78 is 0. The first-order valence-corrected chi connectivity index (χ1v) is 3.90. The van der Waals surface area contributed by atoms with Crippen molar-refractivity contribution >= 4 is 5.91 Å². The highest BCUT2D eigenvalue weighted by Crippen LogP contribution is 1.93. The van der Waals surface area contributed by atoms with E-state index >= 15 is 0 Å². The van der Waals surface area contributed by atoms with E-state index in [9.17, 15) is 4.79 Å². The van der Waals surface area contributed by atoms with Crippen LogP contribution in [0.5, 0.6) is 0 Å². The third-order valence-corrected chi connectivity index (χ3v) is 1.73. The van der Waals surface area contributed by atoms with Crippen molar-refractivity contribution in [3.63, 3.8) is 0 Å². The second-order valence-corrected chi connectivity index (χ2v) is 2.54. The van der Waals surface area contributed by atoms with E-state index in [4.69, 9.17) is 5.26 Å². The van der Waals surface area contributed by atoms with Crippen molar-refractivity contribution in [1.82, 2.24) is 10.2 Å². The smallest absolute Gasteiger partial charge is 0.247 e. The number of hydrogen-bond donors (Lipinski definition) is 1. The second kappa shape index (κ2) is 4.52. The predicted octanol–water partition coefficient (Wildman–Crippen LogP) is -0.502. The van der Waals surface area contributed by atoms with E-state index in [0.717, 1.165) is 26.2 Å². The van der Waals surface area contributed by atoms with Gasteiger partial charge in [-0.3, -0.25) is 4.79 Å². The molecule has 0 aromatic heterocycles. The number of hydrogen-bond acceptors (Lipinski definition) is 3. The number of nitriles is 1. The van der Waals surface area contributed by atoms with Crippen molar-refractivity contribution in [3.05, 3.63) is 12.2 Å². The number of rotatable bonds is 1. The molecule has 1 heterocycles. The summed E-state index contributed by atoms with van der Waals surface area (Å²) in [5.41, 5.74) is 0. The van der Waals surface area contributed by atoms with Gasteiger partial charge in [0.2, 0.25) is 5.91 Å². The van der Waals surface area contributed by atoms with Crippen LogP contribution in [-0.4, -0.2) is 37.0 Å². The van der Waals surface area contributed by atoms with E-state index in [0.29, 0.717) is 0 Å². The Morgan fingerprint density at radius 1 is 1.50 bits per heavy atom. The van der Waals surface area contributed by atoms with E-state index < -0.39 is 0 Å². The monoisotopic (exact) mass is 165 g/mol. The molecule has 1 saturated heterocycles. The molecule has 0 aromatic rings. The van der Waals surface area contributed by atoms with Crippen LogP contribution in [0, 0.1) is 11.3 Å². The van der Waals surface area contributed by atoms with Gasteiger partial charge < -0.3 is 10.2 Å². The van der Waals surface area contributed by atoms with Crippen LogP contribution in [0.15, 0.2) is 12.2 Å². The Hall–Kier alpha value is -1.34. The van der Waals surface area contributed by atoms with Crippen LogP contribution >= 0.6 is 0 Å². The molecule has 0 aromatic carbocycles. The van der Waals surface area contributed by atoms with Crippen molar-refractivity contribution in [3.8, 4) is 6.07 Å². The van der Waals surface area contributed by atoms with E-state index in [2.05, 4.69) is 5.32 Å². The number of allylic oxidation sites excluding steroid dienone is 1. The third kappa shape index (κ3) is 2.36. The van der Waals surface area contributed by atoms with E-state index in [1.807, 2.05) is 0 Å². The maximum atomic E-state index is 11.2. The molecule has 0 radical (unpaired) electrons. The first-order chi connectivity index (χ1) is 5.84. The van der Waals surface area contributed by atoms with Crippen LogP contribution < -0.4 is 5.32 Å². The zero-order valence-corrected chi connectivity index (χ0v) is 6.79. The molecule has 0 atom stereocenters. The first-order valence-electron chi connectivity index (χ1n) is 3.90. The van der Waals surface area contributed by atoms with Gasteiger partial charge in [-0.1, -0.05) is 0 Å². The topological polar surface area (TPSA) is 56.1 Å². The van der Waals surface area contributed by atoms with Crippen LogP contribution in [0.3, 0.4) is 0 Å². The Kier molecular flexibility index (Phi) is 3.30. The molecule has 64 valence electrons. The zero-order chi connectivity index (χ0) is 8.81. The summed E-state index contributed by atoms with van der Waals surface area (Å²) in [6.45, 7) is 3.14. The van der Waals surface area contributed by atoms with Gasteiger partial charge in [0.15, 0.2) is 0 Å². The Labute approximate surface area is 71.5 Å². The normalized spacial score (nSPS) is 17.8. The molecule has 1 amide bonds. The molecule has 0 spiro atoms. The Bertz CT molecular complexity index is 223. The fourth-order valence-corrected chi connectivity index (χ4v) is 1.10. The fourth-order valence-electron chi connectivity index (χ4n) is 1.10. The van der Waals surface area contributed by atoms with E-state index in [1.54, 1.807) is 11.0 Å². The quantitative estimate of drug-likeness (QED) is 0.421. The average Bonchev–Trinajstić information content (AvgIpc) is 2.15. The molecule has 4 nitrogen and oxygen atoms in total. The molecule has 12 heavy (non-hydrogen) atoms. The highest BCUT2D eigenvalue weighted by Gasteiger charge is 2.12. The Morgan fingerprint density at radius 3 is 2.75 bits per heavy atom. The van der Waals surface area contributed by atoms with Gasteiger partial charge in [0.1, 0.15) is 0 Å². The summed E-state index contributed by atoms with van der Waals surface area (Å²) in [5, 5.41) is 11.3. The van der Waals surface area contributed by atoms with Crippen molar-refractivity contribution < 1.29 is 4.79 Å². The highest BCUT2D eigenvalue weighted by atomic mass is 16.2. The van der Waals surface area contributed by atoms with E-state index in [-0.39, 0.29) is 5.91 Å². The summed E-state index contributed by atoms with van der Waals surface area (Å²) in [4.78, 5) is 12.9.